The van der Waals surface area contributed by atoms with Crippen molar-refractivity contribution >= 4 is 5.69 Å². The molecule has 0 aliphatic heterocycles. The summed E-state index contributed by atoms with van der Waals surface area (Å²) in [6.45, 7) is 2.03. The molecule has 0 bridgehead atoms. The summed E-state index contributed by atoms with van der Waals surface area (Å²) in [6.07, 6.45) is 5.26. The van der Waals surface area contributed by atoms with Crippen LogP contribution in [0.4, 0.5) is 10.1 Å². The average molecular weight is 223 g/mol. The Morgan fingerprint density at radius 3 is 2.44 bits per heavy atom. The maximum atomic E-state index is 13.9. The van der Waals surface area contributed by atoms with Crippen LogP contribution in [0.5, 0.6) is 5.75 Å². The molecule has 0 atom stereocenters. The minimum atomic E-state index is -0.373. The molecule has 0 amide bonds. The van der Waals surface area contributed by atoms with Gasteiger partial charge in [0.25, 0.3) is 0 Å². The SMILES string of the molecule is CC1(c2c(O)cc(N)cc2F)CCCCC1. The van der Waals surface area contributed by atoms with Gasteiger partial charge in [0.05, 0.1) is 0 Å². The fraction of sp³-hybridized carbons (Fsp3) is 0.538. The monoisotopic (exact) mass is 223 g/mol. The highest BCUT2D eigenvalue weighted by Crippen LogP contribution is 2.44. The van der Waals surface area contributed by atoms with Gasteiger partial charge < -0.3 is 10.8 Å². The Bertz CT molecular complexity index is 374. The van der Waals surface area contributed by atoms with Crippen LogP contribution >= 0.6 is 0 Å². The first-order valence-corrected chi connectivity index (χ1v) is 5.81. The molecule has 2 rings (SSSR count). The van der Waals surface area contributed by atoms with Gasteiger partial charge in [-0.1, -0.05) is 26.2 Å². The number of nitrogens with two attached hydrogens (primary N) is 1. The molecule has 0 radical (unpaired) electrons. The largest absolute Gasteiger partial charge is 0.507 e. The lowest BCUT2D eigenvalue weighted by Gasteiger charge is -2.34. The van der Waals surface area contributed by atoms with Gasteiger partial charge in [-0.3, -0.25) is 0 Å². The van der Waals surface area contributed by atoms with Gasteiger partial charge in [-0.05, 0) is 24.3 Å². The topological polar surface area (TPSA) is 46.2 Å². The molecule has 3 heteroatoms. The van der Waals surface area contributed by atoms with E-state index in [0.717, 1.165) is 25.7 Å². The third-order valence-electron chi connectivity index (χ3n) is 3.65. The normalized spacial score (nSPS) is 19.6. The molecule has 1 fully saturated rings. The molecule has 0 heterocycles. The predicted octanol–water partition coefficient (Wildman–Crippen LogP) is 3.34. The van der Waals surface area contributed by atoms with Crippen LogP contribution in [-0.2, 0) is 5.41 Å². The van der Waals surface area contributed by atoms with E-state index >= 15 is 0 Å². The summed E-state index contributed by atoms with van der Waals surface area (Å²) in [7, 11) is 0. The molecular weight excluding hydrogens is 205 g/mol. The molecule has 0 spiro atoms. The van der Waals surface area contributed by atoms with Crippen LogP contribution in [0, 0.1) is 5.82 Å². The summed E-state index contributed by atoms with van der Waals surface area (Å²) in [5, 5.41) is 9.87. The second kappa shape index (κ2) is 3.96. The molecule has 1 saturated carbocycles. The molecule has 1 aliphatic carbocycles. The zero-order valence-electron chi connectivity index (χ0n) is 9.59. The van der Waals surface area contributed by atoms with Gasteiger partial charge in [0.15, 0.2) is 0 Å². The molecular formula is C13H18FNO. The number of benzene rings is 1. The number of halogens is 1. The highest BCUT2D eigenvalue weighted by atomic mass is 19.1. The summed E-state index contributed by atoms with van der Waals surface area (Å²) < 4.78 is 13.9. The van der Waals surface area contributed by atoms with Crippen LogP contribution in [0.1, 0.15) is 44.6 Å². The maximum Gasteiger partial charge on any atom is 0.132 e. The van der Waals surface area contributed by atoms with Crippen LogP contribution < -0.4 is 5.73 Å². The molecule has 0 saturated heterocycles. The van der Waals surface area contributed by atoms with Crippen LogP contribution in [0.25, 0.3) is 0 Å². The van der Waals surface area contributed by atoms with Crippen molar-refractivity contribution in [3.63, 3.8) is 0 Å². The fourth-order valence-corrected chi connectivity index (χ4v) is 2.79. The van der Waals surface area contributed by atoms with E-state index in [4.69, 9.17) is 5.73 Å². The zero-order chi connectivity index (χ0) is 11.8. The van der Waals surface area contributed by atoms with Gasteiger partial charge >= 0.3 is 0 Å². The van der Waals surface area contributed by atoms with E-state index in [-0.39, 0.29) is 22.7 Å². The summed E-state index contributed by atoms with van der Waals surface area (Å²) in [6, 6.07) is 2.74. The number of hydrogen-bond acceptors (Lipinski definition) is 2. The van der Waals surface area contributed by atoms with Crippen molar-refractivity contribution in [3.05, 3.63) is 23.5 Å². The molecule has 1 aromatic rings. The van der Waals surface area contributed by atoms with Crippen LogP contribution in [0.3, 0.4) is 0 Å². The predicted molar refractivity (Wildman–Crippen MR) is 62.9 cm³/mol. The highest BCUT2D eigenvalue weighted by molar-refractivity contribution is 5.51. The Morgan fingerprint density at radius 1 is 1.25 bits per heavy atom. The van der Waals surface area contributed by atoms with Crippen LogP contribution in [-0.4, -0.2) is 5.11 Å². The number of anilines is 1. The Balaban J connectivity index is 2.46. The quantitative estimate of drug-likeness (QED) is 0.717. The molecule has 2 nitrogen and oxygen atoms in total. The van der Waals surface area contributed by atoms with Crippen molar-refractivity contribution in [1.82, 2.24) is 0 Å². The average Bonchev–Trinajstić information content (AvgIpc) is 2.16. The molecule has 0 unspecified atom stereocenters. The van der Waals surface area contributed by atoms with Gasteiger partial charge in [-0.15, -0.1) is 0 Å². The first kappa shape index (κ1) is 11.2. The van der Waals surface area contributed by atoms with E-state index < -0.39 is 0 Å². The van der Waals surface area contributed by atoms with Gasteiger partial charge in [-0.2, -0.15) is 0 Å². The molecule has 1 aliphatic rings. The van der Waals surface area contributed by atoms with Gasteiger partial charge in [0, 0.05) is 17.3 Å². The Kier molecular flexibility index (Phi) is 2.78. The number of nitrogen functional groups attached to an aromatic ring is 1. The Labute approximate surface area is 95.3 Å². The van der Waals surface area contributed by atoms with Crippen LogP contribution in [0.2, 0.25) is 0 Å². The summed E-state index contributed by atoms with van der Waals surface area (Å²) in [5.74, 6) is -0.371. The summed E-state index contributed by atoms with van der Waals surface area (Å²) in [4.78, 5) is 0. The third-order valence-corrected chi connectivity index (χ3v) is 3.65. The van der Waals surface area contributed by atoms with Crippen molar-refractivity contribution < 1.29 is 9.50 Å². The first-order chi connectivity index (χ1) is 7.53. The Morgan fingerprint density at radius 2 is 1.88 bits per heavy atom. The number of hydrogen-bond donors (Lipinski definition) is 2. The number of aromatic hydroxyl groups is 1. The minimum absolute atomic E-state index is 0.00176. The van der Waals surface area contributed by atoms with E-state index in [9.17, 15) is 9.50 Å². The standard InChI is InChI=1S/C13H18FNO/c1-13(5-3-2-4-6-13)12-10(14)7-9(15)8-11(12)16/h7-8,16H,2-6,15H2,1H3. The van der Waals surface area contributed by atoms with Crippen molar-refractivity contribution in [2.45, 2.75) is 44.4 Å². The fourth-order valence-electron chi connectivity index (χ4n) is 2.79. The van der Waals surface area contributed by atoms with Crippen molar-refractivity contribution in [1.29, 1.82) is 0 Å². The van der Waals surface area contributed by atoms with Gasteiger partial charge in [-0.25, -0.2) is 4.39 Å². The maximum absolute atomic E-state index is 13.9. The van der Waals surface area contributed by atoms with Crippen molar-refractivity contribution in [2.75, 3.05) is 5.73 Å². The smallest absolute Gasteiger partial charge is 0.132 e. The van der Waals surface area contributed by atoms with E-state index in [1.165, 1.54) is 18.6 Å². The lowest BCUT2D eigenvalue weighted by atomic mass is 9.70. The Hall–Kier alpha value is -1.25. The minimum Gasteiger partial charge on any atom is -0.507 e. The van der Waals surface area contributed by atoms with Gasteiger partial charge in [0.1, 0.15) is 11.6 Å². The lowest BCUT2D eigenvalue weighted by Crippen LogP contribution is -2.26. The van der Waals surface area contributed by atoms with Crippen molar-refractivity contribution in [3.8, 4) is 5.75 Å². The van der Waals surface area contributed by atoms with E-state index in [2.05, 4.69) is 0 Å². The second-order valence-electron chi connectivity index (χ2n) is 5.02. The molecule has 3 N–H and O–H groups in total. The summed E-state index contributed by atoms with van der Waals surface area (Å²) >= 11 is 0. The molecule has 1 aromatic carbocycles. The highest BCUT2D eigenvalue weighted by Gasteiger charge is 2.33. The first-order valence-electron chi connectivity index (χ1n) is 5.81. The number of phenols is 1. The second-order valence-corrected chi connectivity index (χ2v) is 5.02. The number of rotatable bonds is 1. The summed E-state index contributed by atoms with van der Waals surface area (Å²) in [5.41, 5.74) is 5.99. The van der Waals surface area contributed by atoms with E-state index in [1.807, 2.05) is 6.92 Å². The van der Waals surface area contributed by atoms with Gasteiger partial charge in [0.2, 0.25) is 0 Å². The number of phenolic OH excluding ortho intramolecular Hbond substituents is 1. The van der Waals surface area contributed by atoms with E-state index in [0.29, 0.717) is 5.56 Å². The molecule has 88 valence electrons. The molecule has 16 heavy (non-hydrogen) atoms. The van der Waals surface area contributed by atoms with E-state index in [1.54, 1.807) is 0 Å². The van der Waals surface area contributed by atoms with Crippen LogP contribution in [0.15, 0.2) is 12.1 Å². The lowest BCUT2D eigenvalue weighted by molar-refractivity contribution is 0.297. The van der Waals surface area contributed by atoms with Crippen molar-refractivity contribution in [2.24, 2.45) is 0 Å². The zero-order valence-corrected chi connectivity index (χ0v) is 9.59. The third kappa shape index (κ3) is 1.86. The molecule has 0 aromatic heterocycles.